The zero-order valence-electron chi connectivity index (χ0n) is 17.1. The summed E-state index contributed by atoms with van der Waals surface area (Å²) in [6.45, 7) is 9.27. The van der Waals surface area contributed by atoms with Gasteiger partial charge in [-0.15, -0.1) is 6.58 Å². The second-order valence-electron chi connectivity index (χ2n) is 7.57. The molecule has 0 saturated heterocycles. The minimum Gasteiger partial charge on any atom is -0.460 e. The molecular formula is C20H26F3NO5. The van der Waals surface area contributed by atoms with Crippen molar-refractivity contribution >= 4 is 12.1 Å². The molecule has 0 aliphatic carbocycles. The lowest BCUT2D eigenvalue weighted by Gasteiger charge is -2.34. The summed E-state index contributed by atoms with van der Waals surface area (Å²) in [5.41, 5.74) is -5.92. The Morgan fingerprint density at radius 1 is 1.10 bits per heavy atom. The van der Waals surface area contributed by atoms with Crippen LogP contribution < -0.4 is 5.32 Å². The lowest BCUT2D eigenvalue weighted by atomic mass is 9.92. The van der Waals surface area contributed by atoms with Crippen LogP contribution in [-0.2, 0) is 24.6 Å². The van der Waals surface area contributed by atoms with Crippen LogP contribution in [-0.4, -0.2) is 43.1 Å². The second kappa shape index (κ2) is 8.86. The number of alkyl carbamates (subject to hydrolysis) is 1. The molecule has 1 aromatic rings. The predicted molar refractivity (Wildman–Crippen MR) is 100 cm³/mol. The largest absolute Gasteiger partial charge is 0.460 e. The summed E-state index contributed by atoms with van der Waals surface area (Å²) in [7, 11) is 0.771. The molecule has 0 fully saturated rings. The molecule has 0 aliphatic heterocycles. The smallest absolute Gasteiger partial charge is 0.432 e. The SMILES string of the molecule is C=C[C@](C)(COC(=O)[C@](OC)(c1ccccc1)C(F)(F)F)NC(=O)OC(C)(C)C. The third-order valence-electron chi connectivity index (χ3n) is 3.91. The topological polar surface area (TPSA) is 73.9 Å². The summed E-state index contributed by atoms with van der Waals surface area (Å²) in [5, 5.41) is 2.42. The fourth-order valence-electron chi connectivity index (χ4n) is 2.39. The van der Waals surface area contributed by atoms with Crippen molar-refractivity contribution in [3.8, 4) is 0 Å². The number of methoxy groups -OCH3 is 1. The van der Waals surface area contributed by atoms with Crippen molar-refractivity contribution in [2.24, 2.45) is 0 Å². The number of alkyl halides is 3. The maximum Gasteiger partial charge on any atom is 0.432 e. The van der Waals surface area contributed by atoms with Crippen LogP contribution in [0.3, 0.4) is 0 Å². The van der Waals surface area contributed by atoms with Gasteiger partial charge in [-0.25, -0.2) is 9.59 Å². The number of ether oxygens (including phenoxy) is 3. The van der Waals surface area contributed by atoms with E-state index in [9.17, 15) is 22.8 Å². The van der Waals surface area contributed by atoms with Crippen LogP contribution in [0.15, 0.2) is 43.0 Å². The highest BCUT2D eigenvalue weighted by molar-refractivity contribution is 5.82. The molecule has 0 aliphatic rings. The van der Waals surface area contributed by atoms with Crippen LogP contribution >= 0.6 is 0 Å². The first-order chi connectivity index (χ1) is 13.2. The highest BCUT2D eigenvalue weighted by Crippen LogP contribution is 2.43. The van der Waals surface area contributed by atoms with Crippen molar-refractivity contribution in [1.82, 2.24) is 5.32 Å². The maximum absolute atomic E-state index is 13.9. The Hall–Kier alpha value is -2.55. The standard InChI is InChI=1S/C20H26F3NO5/c1-7-18(5,24-16(26)29-17(2,3)4)13-28-15(25)19(27-6,20(21,22)23)14-11-9-8-10-12-14/h7-12H,1,13H2,2-6H3,(H,24,26)/t18-,19-/m1/s1. The second-order valence-corrected chi connectivity index (χ2v) is 7.57. The van der Waals surface area contributed by atoms with Gasteiger partial charge in [-0.3, -0.25) is 0 Å². The molecule has 1 amide bonds. The van der Waals surface area contributed by atoms with Crippen LogP contribution in [0.2, 0.25) is 0 Å². The lowest BCUT2D eigenvalue weighted by molar-refractivity contribution is -0.276. The number of hydrogen-bond acceptors (Lipinski definition) is 5. The first-order valence-electron chi connectivity index (χ1n) is 8.70. The third kappa shape index (κ3) is 5.96. The number of halogens is 3. The van der Waals surface area contributed by atoms with E-state index in [-0.39, 0.29) is 0 Å². The van der Waals surface area contributed by atoms with Gasteiger partial charge in [-0.05, 0) is 27.7 Å². The molecule has 0 aromatic heterocycles. The number of carbonyl (C=O) groups is 2. The van der Waals surface area contributed by atoms with Gasteiger partial charge in [0.1, 0.15) is 12.2 Å². The Morgan fingerprint density at radius 3 is 2.07 bits per heavy atom. The van der Waals surface area contributed by atoms with E-state index in [1.54, 1.807) is 20.8 Å². The van der Waals surface area contributed by atoms with Gasteiger partial charge in [0.05, 0.1) is 5.54 Å². The van der Waals surface area contributed by atoms with Crippen LogP contribution in [0.5, 0.6) is 0 Å². The predicted octanol–water partition coefficient (Wildman–Crippen LogP) is 4.10. The normalized spacial score (nSPS) is 16.1. The molecule has 29 heavy (non-hydrogen) atoms. The Labute approximate surface area is 168 Å². The zero-order chi connectivity index (χ0) is 22.5. The summed E-state index contributed by atoms with van der Waals surface area (Å²) >= 11 is 0. The van der Waals surface area contributed by atoms with E-state index in [1.165, 1.54) is 31.2 Å². The van der Waals surface area contributed by atoms with Gasteiger partial charge in [0.2, 0.25) is 0 Å². The average molecular weight is 417 g/mol. The molecule has 9 heteroatoms. The molecule has 1 rings (SSSR count). The summed E-state index contributed by atoms with van der Waals surface area (Å²) < 4.78 is 56.3. The Balaban J connectivity index is 3.08. The van der Waals surface area contributed by atoms with E-state index in [4.69, 9.17) is 9.47 Å². The summed E-state index contributed by atoms with van der Waals surface area (Å²) in [6, 6.07) is 6.43. The monoisotopic (exact) mass is 417 g/mol. The Bertz CT molecular complexity index is 730. The van der Waals surface area contributed by atoms with E-state index in [2.05, 4.69) is 16.6 Å². The Morgan fingerprint density at radius 2 is 1.66 bits per heavy atom. The van der Waals surface area contributed by atoms with E-state index in [1.807, 2.05) is 0 Å². The number of rotatable bonds is 7. The van der Waals surface area contributed by atoms with Gasteiger partial charge in [0.15, 0.2) is 0 Å². The van der Waals surface area contributed by atoms with Crippen molar-refractivity contribution < 1.29 is 37.0 Å². The van der Waals surface area contributed by atoms with E-state index < -0.39 is 47.2 Å². The Kier molecular flexibility index (Phi) is 7.48. The van der Waals surface area contributed by atoms with Gasteiger partial charge in [-0.2, -0.15) is 13.2 Å². The number of amides is 1. The van der Waals surface area contributed by atoms with Crippen LogP contribution in [0.25, 0.3) is 0 Å². The number of carbonyl (C=O) groups excluding carboxylic acids is 2. The minimum atomic E-state index is -5.09. The summed E-state index contributed by atoms with van der Waals surface area (Å²) in [6.07, 6.45) is -4.70. The van der Waals surface area contributed by atoms with Gasteiger partial charge in [-0.1, -0.05) is 36.4 Å². The van der Waals surface area contributed by atoms with Crippen molar-refractivity contribution in [3.63, 3.8) is 0 Å². The van der Waals surface area contributed by atoms with Crippen LogP contribution in [0.1, 0.15) is 33.3 Å². The third-order valence-corrected chi connectivity index (χ3v) is 3.91. The number of benzene rings is 1. The zero-order valence-corrected chi connectivity index (χ0v) is 17.1. The minimum absolute atomic E-state index is 0.430. The van der Waals surface area contributed by atoms with E-state index in [0.717, 1.165) is 19.2 Å². The molecule has 162 valence electrons. The number of nitrogens with one attached hydrogen (secondary N) is 1. The van der Waals surface area contributed by atoms with Crippen molar-refractivity contribution in [2.75, 3.05) is 13.7 Å². The van der Waals surface area contributed by atoms with Gasteiger partial charge < -0.3 is 19.5 Å². The van der Waals surface area contributed by atoms with Crippen LogP contribution in [0.4, 0.5) is 18.0 Å². The molecule has 0 heterocycles. The van der Waals surface area contributed by atoms with Crippen molar-refractivity contribution in [2.45, 2.75) is 50.6 Å². The summed E-state index contributed by atoms with van der Waals surface area (Å²) in [4.78, 5) is 24.6. The van der Waals surface area contributed by atoms with Crippen molar-refractivity contribution in [3.05, 3.63) is 48.6 Å². The van der Waals surface area contributed by atoms with E-state index in [0.29, 0.717) is 0 Å². The fraction of sp³-hybridized carbons (Fsp3) is 0.500. The maximum atomic E-state index is 13.9. The van der Waals surface area contributed by atoms with Gasteiger partial charge in [0, 0.05) is 12.7 Å². The number of esters is 1. The van der Waals surface area contributed by atoms with Crippen LogP contribution in [0, 0.1) is 0 Å². The fourth-order valence-corrected chi connectivity index (χ4v) is 2.39. The first kappa shape index (κ1) is 24.5. The van der Waals surface area contributed by atoms with Gasteiger partial charge >= 0.3 is 18.2 Å². The molecular weight excluding hydrogens is 391 g/mol. The molecule has 0 radical (unpaired) electrons. The number of hydrogen-bond donors (Lipinski definition) is 1. The van der Waals surface area contributed by atoms with Gasteiger partial charge in [0.25, 0.3) is 5.60 Å². The molecule has 0 spiro atoms. The van der Waals surface area contributed by atoms with Crippen molar-refractivity contribution in [1.29, 1.82) is 0 Å². The molecule has 1 N–H and O–H groups in total. The summed E-state index contributed by atoms with van der Waals surface area (Å²) in [5.74, 6) is -1.67. The molecule has 2 atom stereocenters. The molecule has 1 aromatic carbocycles. The molecule has 6 nitrogen and oxygen atoms in total. The lowest BCUT2D eigenvalue weighted by Crippen LogP contribution is -2.54. The average Bonchev–Trinajstić information content (AvgIpc) is 2.59. The molecule has 0 saturated carbocycles. The first-order valence-corrected chi connectivity index (χ1v) is 8.70. The molecule has 0 unspecified atom stereocenters. The highest BCUT2D eigenvalue weighted by Gasteiger charge is 2.64. The quantitative estimate of drug-likeness (QED) is 0.534. The molecule has 0 bridgehead atoms. The van der Waals surface area contributed by atoms with E-state index >= 15 is 0 Å². The highest BCUT2D eigenvalue weighted by atomic mass is 19.4.